The van der Waals surface area contributed by atoms with Gasteiger partial charge in [0, 0.05) is 6.54 Å². The number of aliphatic carboxylic acids is 1. The first kappa shape index (κ1) is 12.3. The molecule has 5 nitrogen and oxygen atoms in total. The predicted molar refractivity (Wildman–Crippen MR) is 56.8 cm³/mol. The third-order valence-electron chi connectivity index (χ3n) is 2.39. The van der Waals surface area contributed by atoms with Gasteiger partial charge in [-0.15, -0.1) is 0 Å². The van der Waals surface area contributed by atoms with E-state index in [9.17, 15) is 14.7 Å². The molecule has 86 valence electrons. The number of likely N-dealkylation sites (tertiary alicyclic amines) is 1. The van der Waals surface area contributed by atoms with Gasteiger partial charge in [0.25, 0.3) is 0 Å². The van der Waals surface area contributed by atoms with E-state index < -0.39 is 18.1 Å². The number of nitrogens with zero attached hydrogens (tertiary/aromatic N) is 1. The molecule has 0 radical (unpaired) electrons. The quantitative estimate of drug-likeness (QED) is 0.687. The molecule has 1 amide bonds. The molecule has 15 heavy (non-hydrogen) atoms. The van der Waals surface area contributed by atoms with Gasteiger partial charge in [-0.1, -0.05) is 0 Å². The van der Waals surface area contributed by atoms with Crippen LogP contribution in [0.2, 0.25) is 0 Å². The molecule has 0 bridgehead atoms. The highest BCUT2D eigenvalue weighted by atomic mass is 32.2. The minimum atomic E-state index is -0.994. The highest BCUT2D eigenvalue weighted by molar-refractivity contribution is 7.98. The van der Waals surface area contributed by atoms with Gasteiger partial charge in [0.1, 0.15) is 6.04 Å². The Hall–Kier alpha value is -0.750. The van der Waals surface area contributed by atoms with Crippen LogP contribution in [0.3, 0.4) is 0 Å². The summed E-state index contributed by atoms with van der Waals surface area (Å²) in [7, 11) is 0. The first-order chi connectivity index (χ1) is 7.06. The smallest absolute Gasteiger partial charge is 0.326 e. The van der Waals surface area contributed by atoms with Crippen LogP contribution in [0.5, 0.6) is 0 Å². The van der Waals surface area contributed by atoms with Crippen LogP contribution in [0.15, 0.2) is 0 Å². The number of β-amino-alcohol motifs (C(OH)–C–C–N with tert-alkyl or cyclic N) is 1. The van der Waals surface area contributed by atoms with Crippen molar-refractivity contribution in [3.63, 3.8) is 0 Å². The summed E-state index contributed by atoms with van der Waals surface area (Å²) in [6.07, 6.45) is 1.64. The Labute approximate surface area is 92.4 Å². The van der Waals surface area contributed by atoms with E-state index >= 15 is 0 Å². The Morgan fingerprint density at radius 2 is 2.40 bits per heavy atom. The highest BCUT2D eigenvalue weighted by Crippen LogP contribution is 2.17. The fourth-order valence-corrected chi connectivity index (χ4v) is 2.11. The first-order valence-electron chi connectivity index (χ1n) is 4.75. The van der Waals surface area contributed by atoms with Crippen molar-refractivity contribution in [2.24, 2.45) is 0 Å². The van der Waals surface area contributed by atoms with Crippen LogP contribution in [0.1, 0.15) is 12.8 Å². The average Bonchev–Trinajstić information content (AvgIpc) is 2.46. The van der Waals surface area contributed by atoms with Crippen molar-refractivity contribution in [3.8, 4) is 0 Å². The maximum atomic E-state index is 11.4. The lowest BCUT2D eigenvalue weighted by Gasteiger charge is -2.23. The Bertz CT molecular complexity index is 258. The predicted octanol–water partition coefficient (Wildman–Crippen LogP) is -0.214. The number of carboxylic acid groups (broad SMARTS) is 1. The minimum absolute atomic E-state index is 0.0447. The zero-order chi connectivity index (χ0) is 11.4. The third kappa shape index (κ3) is 3.10. The molecule has 0 aromatic rings. The second-order valence-corrected chi connectivity index (χ2v) is 4.53. The summed E-state index contributed by atoms with van der Waals surface area (Å²) in [6.45, 7) is 0.143. The summed E-state index contributed by atoms with van der Waals surface area (Å²) < 4.78 is 0. The Morgan fingerprint density at radius 1 is 1.73 bits per heavy atom. The molecule has 1 aliphatic heterocycles. The van der Waals surface area contributed by atoms with Crippen LogP contribution in [0, 0.1) is 0 Å². The molecule has 0 saturated carbocycles. The van der Waals surface area contributed by atoms with Crippen LogP contribution in [0.4, 0.5) is 0 Å². The van der Waals surface area contributed by atoms with E-state index in [1.807, 2.05) is 6.26 Å². The van der Waals surface area contributed by atoms with Gasteiger partial charge in [0.2, 0.25) is 5.91 Å². The molecule has 2 atom stereocenters. The van der Waals surface area contributed by atoms with Crippen LogP contribution >= 0.6 is 11.8 Å². The number of carboxylic acids is 1. The summed E-state index contributed by atoms with van der Waals surface area (Å²) in [4.78, 5) is 23.6. The normalized spacial score (nSPS) is 23.2. The fourth-order valence-electron chi connectivity index (χ4n) is 1.66. The zero-order valence-electron chi connectivity index (χ0n) is 8.55. The van der Waals surface area contributed by atoms with E-state index in [1.165, 1.54) is 4.90 Å². The average molecular weight is 233 g/mol. The molecule has 1 saturated heterocycles. The molecule has 0 aromatic heterocycles. The molecule has 0 aromatic carbocycles. The van der Waals surface area contributed by atoms with Gasteiger partial charge in [-0.25, -0.2) is 4.79 Å². The zero-order valence-corrected chi connectivity index (χ0v) is 9.37. The highest BCUT2D eigenvalue weighted by Gasteiger charge is 2.36. The molecule has 2 N–H and O–H groups in total. The van der Waals surface area contributed by atoms with Gasteiger partial charge in [0.15, 0.2) is 0 Å². The van der Waals surface area contributed by atoms with E-state index in [4.69, 9.17) is 5.11 Å². The second kappa shape index (κ2) is 5.37. The standard InChI is InChI=1S/C9H15NO4S/c1-15-3-2-7(9(13)14)10-5-6(11)4-8(10)12/h6-7,11H,2-5H2,1H3,(H,13,14). The number of aliphatic hydroxyl groups is 1. The van der Waals surface area contributed by atoms with Crippen molar-refractivity contribution in [2.75, 3.05) is 18.6 Å². The largest absolute Gasteiger partial charge is 0.480 e. The van der Waals surface area contributed by atoms with Gasteiger partial charge >= 0.3 is 5.97 Å². The molecule has 1 fully saturated rings. The van der Waals surface area contributed by atoms with Gasteiger partial charge in [0.05, 0.1) is 12.5 Å². The lowest BCUT2D eigenvalue weighted by molar-refractivity contribution is -0.148. The number of carbonyl (C=O) groups is 2. The maximum Gasteiger partial charge on any atom is 0.326 e. The summed E-state index contributed by atoms with van der Waals surface area (Å²) in [5.41, 5.74) is 0. The van der Waals surface area contributed by atoms with Crippen molar-refractivity contribution in [1.29, 1.82) is 0 Å². The van der Waals surface area contributed by atoms with Gasteiger partial charge in [-0.2, -0.15) is 11.8 Å². The number of aliphatic hydroxyl groups excluding tert-OH is 1. The maximum absolute atomic E-state index is 11.4. The Morgan fingerprint density at radius 3 is 2.80 bits per heavy atom. The molecule has 0 spiro atoms. The molecule has 6 heteroatoms. The first-order valence-corrected chi connectivity index (χ1v) is 6.15. The molecular weight excluding hydrogens is 218 g/mol. The number of amides is 1. The Kier molecular flexibility index (Phi) is 4.41. The number of hydrogen-bond donors (Lipinski definition) is 2. The number of carbonyl (C=O) groups excluding carboxylic acids is 1. The molecular formula is C9H15NO4S. The lowest BCUT2D eigenvalue weighted by atomic mass is 10.2. The van der Waals surface area contributed by atoms with Crippen molar-refractivity contribution >= 4 is 23.6 Å². The summed E-state index contributed by atoms with van der Waals surface area (Å²) in [6, 6.07) is -0.790. The van der Waals surface area contributed by atoms with Crippen LogP contribution < -0.4 is 0 Å². The SMILES string of the molecule is CSCCC(C(=O)O)N1CC(O)CC1=O. The van der Waals surface area contributed by atoms with Gasteiger partial charge < -0.3 is 15.1 Å². The minimum Gasteiger partial charge on any atom is -0.480 e. The van der Waals surface area contributed by atoms with Gasteiger partial charge in [-0.05, 0) is 18.4 Å². The lowest BCUT2D eigenvalue weighted by Crippen LogP contribution is -2.42. The summed E-state index contributed by atoms with van der Waals surface area (Å²) >= 11 is 1.54. The molecule has 1 rings (SSSR count). The van der Waals surface area contributed by atoms with Crippen LogP contribution in [-0.4, -0.2) is 57.7 Å². The van der Waals surface area contributed by atoms with Crippen molar-refractivity contribution in [3.05, 3.63) is 0 Å². The van der Waals surface area contributed by atoms with Crippen LogP contribution in [-0.2, 0) is 9.59 Å². The number of rotatable bonds is 5. The topological polar surface area (TPSA) is 77.8 Å². The van der Waals surface area contributed by atoms with Gasteiger partial charge in [-0.3, -0.25) is 4.79 Å². The van der Waals surface area contributed by atoms with Crippen molar-refractivity contribution in [1.82, 2.24) is 4.90 Å². The monoisotopic (exact) mass is 233 g/mol. The van der Waals surface area contributed by atoms with E-state index in [2.05, 4.69) is 0 Å². The second-order valence-electron chi connectivity index (χ2n) is 3.54. The van der Waals surface area contributed by atoms with E-state index in [0.29, 0.717) is 12.2 Å². The van der Waals surface area contributed by atoms with Crippen molar-refractivity contribution in [2.45, 2.75) is 25.0 Å². The summed E-state index contributed by atoms with van der Waals surface area (Å²) in [5.74, 6) is -0.570. The number of thioether (sulfide) groups is 1. The van der Waals surface area contributed by atoms with Crippen molar-refractivity contribution < 1.29 is 19.8 Å². The van der Waals surface area contributed by atoms with E-state index in [-0.39, 0.29) is 18.9 Å². The Balaban J connectivity index is 2.63. The molecule has 1 heterocycles. The molecule has 2 unspecified atom stereocenters. The van der Waals surface area contributed by atoms with Crippen LogP contribution in [0.25, 0.3) is 0 Å². The summed E-state index contributed by atoms with van der Waals surface area (Å²) in [5, 5.41) is 18.2. The van der Waals surface area contributed by atoms with E-state index in [0.717, 1.165) is 0 Å². The fraction of sp³-hybridized carbons (Fsp3) is 0.778. The molecule has 1 aliphatic rings. The third-order valence-corrected chi connectivity index (χ3v) is 3.04. The molecule has 0 aliphatic carbocycles. The van der Waals surface area contributed by atoms with E-state index in [1.54, 1.807) is 11.8 Å². The number of hydrogen-bond acceptors (Lipinski definition) is 4.